The van der Waals surface area contributed by atoms with Crippen molar-refractivity contribution in [2.24, 2.45) is 5.92 Å². The predicted octanol–water partition coefficient (Wildman–Crippen LogP) is 2.89. The van der Waals surface area contributed by atoms with Crippen LogP contribution in [0.4, 0.5) is 0 Å². The fourth-order valence-electron chi connectivity index (χ4n) is 3.10. The molecule has 3 atom stereocenters. The number of carbonyl (C=O) groups excluding carboxylic acids is 1. The second-order valence-corrected chi connectivity index (χ2v) is 5.93. The lowest BCUT2D eigenvalue weighted by atomic mass is 9.89. The first-order valence-corrected chi connectivity index (χ1v) is 7.58. The average molecular weight is 289 g/mol. The summed E-state index contributed by atoms with van der Waals surface area (Å²) in [6.07, 6.45) is 1.86. The van der Waals surface area contributed by atoms with Crippen molar-refractivity contribution in [2.45, 2.75) is 45.1 Å². The van der Waals surface area contributed by atoms with E-state index in [1.54, 1.807) is 4.90 Å². The maximum absolute atomic E-state index is 12.5. The van der Waals surface area contributed by atoms with Crippen molar-refractivity contribution in [2.75, 3.05) is 6.54 Å². The average Bonchev–Trinajstić information content (AvgIpc) is 2.47. The number of nitrogens with zero attached hydrogens (tertiary/aromatic N) is 1. The van der Waals surface area contributed by atoms with Gasteiger partial charge in [0.15, 0.2) is 0 Å². The minimum Gasteiger partial charge on any atom is -0.481 e. The summed E-state index contributed by atoms with van der Waals surface area (Å²) in [7, 11) is 0. The number of likely N-dealkylation sites (tertiary alicyclic amines) is 1. The normalized spacial score (nSPS) is 23.6. The van der Waals surface area contributed by atoms with Crippen LogP contribution in [0.1, 0.15) is 44.6 Å². The molecule has 0 radical (unpaired) electrons. The Balaban J connectivity index is 2.01. The molecule has 1 aliphatic heterocycles. The first-order chi connectivity index (χ1) is 10.0. The highest BCUT2D eigenvalue weighted by atomic mass is 16.4. The molecule has 1 unspecified atom stereocenters. The number of amides is 1. The molecule has 114 valence electrons. The number of carboxylic acids is 1. The van der Waals surface area contributed by atoms with Crippen LogP contribution in [0, 0.1) is 5.92 Å². The van der Waals surface area contributed by atoms with Gasteiger partial charge < -0.3 is 10.0 Å². The molecular formula is C17H23NO3. The van der Waals surface area contributed by atoms with E-state index in [9.17, 15) is 14.7 Å². The molecule has 1 aliphatic rings. The largest absolute Gasteiger partial charge is 0.481 e. The molecule has 0 spiro atoms. The third-order valence-corrected chi connectivity index (χ3v) is 4.48. The highest BCUT2D eigenvalue weighted by Crippen LogP contribution is 2.27. The van der Waals surface area contributed by atoms with Gasteiger partial charge in [0.2, 0.25) is 5.91 Å². The van der Waals surface area contributed by atoms with E-state index in [-0.39, 0.29) is 17.9 Å². The Kier molecular flexibility index (Phi) is 4.99. The van der Waals surface area contributed by atoms with Crippen molar-refractivity contribution in [3.63, 3.8) is 0 Å². The Labute approximate surface area is 125 Å². The molecule has 1 fully saturated rings. The van der Waals surface area contributed by atoms with Crippen LogP contribution in [-0.4, -0.2) is 34.5 Å². The maximum Gasteiger partial charge on any atom is 0.308 e. The van der Waals surface area contributed by atoms with Gasteiger partial charge in [0.25, 0.3) is 0 Å². The van der Waals surface area contributed by atoms with Gasteiger partial charge in [-0.3, -0.25) is 9.59 Å². The Hall–Kier alpha value is -1.84. The van der Waals surface area contributed by atoms with Crippen LogP contribution in [0.15, 0.2) is 30.3 Å². The number of benzene rings is 1. The highest BCUT2D eigenvalue weighted by molar-refractivity contribution is 5.79. The first-order valence-electron chi connectivity index (χ1n) is 7.58. The van der Waals surface area contributed by atoms with E-state index in [1.165, 1.54) is 0 Å². The Morgan fingerprint density at radius 3 is 2.62 bits per heavy atom. The van der Waals surface area contributed by atoms with E-state index in [2.05, 4.69) is 0 Å². The van der Waals surface area contributed by atoms with Crippen LogP contribution in [0.2, 0.25) is 0 Å². The SMILES string of the molecule is CC(CC(=O)N1CCC[C@H](C(=O)O)[C@@H]1C)c1ccccc1. The van der Waals surface area contributed by atoms with Gasteiger partial charge in [-0.2, -0.15) is 0 Å². The molecular weight excluding hydrogens is 266 g/mol. The molecule has 0 bridgehead atoms. The number of hydrogen-bond donors (Lipinski definition) is 1. The molecule has 4 nitrogen and oxygen atoms in total. The summed E-state index contributed by atoms with van der Waals surface area (Å²) in [6.45, 7) is 4.56. The lowest BCUT2D eigenvalue weighted by Crippen LogP contribution is -2.49. The molecule has 1 amide bonds. The van der Waals surface area contributed by atoms with Gasteiger partial charge in [0, 0.05) is 19.0 Å². The number of rotatable bonds is 4. The number of piperidine rings is 1. The number of hydrogen-bond acceptors (Lipinski definition) is 2. The van der Waals surface area contributed by atoms with E-state index in [0.717, 1.165) is 12.0 Å². The fraction of sp³-hybridized carbons (Fsp3) is 0.529. The Bertz CT molecular complexity index is 500. The van der Waals surface area contributed by atoms with Crippen molar-refractivity contribution in [3.05, 3.63) is 35.9 Å². The summed E-state index contributed by atoms with van der Waals surface area (Å²) < 4.78 is 0. The molecule has 1 saturated heterocycles. The lowest BCUT2D eigenvalue weighted by molar-refractivity contribution is -0.149. The molecule has 0 saturated carbocycles. The summed E-state index contributed by atoms with van der Waals surface area (Å²) in [5, 5.41) is 9.23. The molecule has 0 aromatic heterocycles. The third-order valence-electron chi connectivity index (χ3n) is 4.48. The number of aliphatic carboxylic acids is 1. The molecule has 4 heteroatoms. The zero-order valence-corrected chi connectivity index (χ0v) is 12.7. The first kappa shape index (κ1) is 15.5. The summed E-state index contributed by atoms with van der Waals surface area (Å²) in [5.41, 5.74) is 1.14. The van der Waals surface area contributed by atoms with Crippen LogP contribution in [-0.2, 0) is 9.59 Å². The standard InChI is InChI=1S/C17H23NO3/c1-12(14-7-4-3-5-8-14)11-16(19)18-10-6-9-15(13(18)2)17(20)21/h3-5,7-8,12-13,15H,6,9-11H2,1-2H3,(H,20,21)/t12?,13-,15-/m0/s1. The predicted molar refractivity (Wildman–Crippen MR) is 81.0 cm³/mol. The Morgan fingerprint density at radius 1 is 1.33 bits per heavy atom. The van der Waals surface area contributed by atoms with Crippen molar-refractivity contribution in [1.82, 2.24) is 4.90 Å². The minimum atomic E-state index is -0.795. The molecule has 21 heavy (non-hydrogen) atoms. The van der Waals surface area contributed by atoms with E-state index >= 15 is 0 Å². The number of carbonyl (C=O) groups is 2. The van der Waals surface area contributed by atoms with Crippen LogP contribution < -0.4 is 0 Å². The lowest BCUT2D eigenvalue weighted by Gasteiger charge is -2.38. The monoisotopic (exact) mass is 289 g/mol. The molecule has 1 heterocycles. The van der Waals surface area contributed by atoms with E-state index in [1.807, 2.05) is 44.2 Å². The van der Waals surface area contributed by atoms with Crippen molar-refractivity contribution in [3.8, 4) is 0 Å². The summed E-state index contributed by atoms with van der Waals surface area (Å²) >= 11 is 0. The van der Waals surface area contributed by atoms with Gasteiger partial charge >= 0.3 is 5.97 Å². The Morgan fingerprint density at radius 2 is 2.00 bits per heavy atom. The van der Waals surface area contributed by atoms with Crippen molar-refractivity contribution < 1.29 is 14.7 Å². The second kappa shape index (κ2) is 6.74. The van der Waals surface area contributed by atoms with Crippen LogP contribution in [0.5, 0.6) is 0 Å². The topological polar surface area (TPSA) is 57.6 Å². The summed E-state index contributed by atoms with van der Waals surface area (Å²) in [4.78, 5) is 25.5. The number of carboxylic acid groups (broad SMARTS) is 1. The minimum absolute atomic E-state index is 0.0600. The summed E-state index contributed by atoms with van der Waals surface area (Å²) in [6, 6.07) is 9.74. The van der Waals surface area contributed by atoms with Gasteiger partial charge in [-0.15, -0.1) is 0 Å². The van der Waals surface area contributed by atoms with Gasteiger partial charge in [-0.05, 0) is 31.2 Å². The zero-order valence-electron chi connectivity index (χ0n) is 12.7. The van der Waals surface area contributed by atoms with Gasteiger partial charge in [-0.25, -0.2) is 0 Å². The maximum atomic E-state index is 12.5. The van der Waals surface area contributed by atoms with Crippen molar-refractivity contribution in [1.29, 1.82) is 0 Å². The smallest absolute Gasteiger partial charge is 0.308 e. The van der Waals surface area contributed by atoms with E-state index in [4.69, 9.17) is 0 Å². The fourth-order valence-corrected chi connectivity index (χ4v) is 3.10. The second-order valence-electron chi connectivity index (χ2n) is 5.93. The van der Waals surface area contributed by atoms with Crippen molar-refractivity contribution >= 4 is 11.9 Å². The van der Waals surface area contributed by atoms with Gasteiger partial charge in [-0.1, -0.05) is 37.3 Å². The molecule has 1 aromatic rings. The highest BCUT2D eigenvalue weighted by Gasteiger charge is 2.35. The van der Waals surface area contributed by atoms with E-state index < -0.39 is 11.9 Å². The van der Waals surface area contributed by atoms with Crippen LogP contribution in [0.25, 0.3) is 0 Å². The summed E-state index contributed by atoms with van der Waals surface area (Å²) in [5.74, 6) is -1.02. The van der Waals surface area contributed by atoms with Gasteiger partial charge in [0.05, 0.1) is 5.92 Å². The van der Waals surface area contributed by atoms with Crippen LogP contribution in [0.3, 0.4) is 0 Å². The zero-order chi connectivity index (χ0) is 15.4. The van der Waals surface area contributed by atoms with Gasteiger partial charge in [0.1, 0.15) is 0 Å². The van der Waals surface area contributed by atoms with Crippen LogP contribution >= 0.6 is 0 Å². The quantitative estimate of drug-likeness (QED) is 0.927. The molecule has 0 aliphatic carbocycles. The van der Waals surface area contributed by atoms with E-state index in [0.29, 0.717) is 19.4 Å². The molecule has 2 rings (SSSR count). The molecule has 1 aromatic carbocycles. The third kappa shape index (κ3) is 3.63. The molecule has 1 N–H and O–H groups in total.